The Balaban J connectivity index is 2.93. The molecule has 4 amide bonds. The third-order valence-electron chi connectivity index (χ3n) is 1.88. The molecule has 68 valence electrons. The van der Waals surface area contributed by atoms with Crippen LogP contribution >= 0.6 is 12.6 Å². The van der Waals surface area contributed by atoms with Gasteiger partial charge in [0.2, 0.25) is 0 Å². The van der Waals surface area contributed by atoms with Crippen molar-refractivity contribution < 1.29 is 9.59 Å². The summed E-state index contributed by atoms with van der Waals surface area (Å²) in [6.07, 6.45) is 0. The zero-order valence-corrected chi connectivity index (χ0v) is 8.05. The minimum absolute atomic E-state index is 0.365. The SMILES string of the molecule is CN1C(=O)NC(C)(S)N(C)C1=O. The maximum atomic E-state index is 11.3. The van der Waals surface area contributed by atoms with Crippen LogP contribution in [0.5, 0.6) is 0 Å². The van der Waals surface area contributed by atoms with Gasteiger partial charge in [0.1, 0.15) is 0 Å². The van der Waals surface area contributed by atoms with Gasteiger partial charge in [0.15, 0.2) is 4.99 Å². The smallest absolute Gasteiger partial charge is 0.306 e. The molecule has 1 atom stereocenters. The van der Waals surface area contributed by atoms with E-state index in [1.807, 2.05) is 0 Å². The largest absolute Gasteiger partial charge is 0.330 e. The van der Waals surface area contributed by atoms with Crippen molar-refractivity contribution in [2.45, 2.75) is 11.9 Å². The number of thiol groups is 1. The second-order valence-electron chi connectivity index (χ2n) is 2.85. The van der Waals surface area contributed by atoms with Gasteiger partial charge in [0, 0.05) is 14.1 Å². The molecule has 0 aromatic rings. The van der Waals surface area contributed by atoms with Gasteiger partial charge in [-0.15, -0.1) is 12.6 Å². The van der Waals surface area contributed by atoms with Crippen LogP contribution in [0.3, 0.4) is 0 Å². The van der Waals surface area contributed by atoms with Crippen molar-refractivity contribution in [3.05, 3.63) is 0 Å². The van der Waals surface area contributed by atoms with Crippen molar-refractivity contribution in [1.29, 1.82) is 0 Å². The van der Waals surface area contributed by atoms with Crippen molar-refractivity contribution in [3.8, 4) is 0 Å². The van der Waals surface area contributed by atoms with Crippen molar-refractivity contribution in [1.82, 2.24) is 15.1 Å². The van der Waals surface area contributed by atoms with Crippen LogP contribution in [0.25, 0.3) is 0 Å². The van der Waals surface area contributed by atoms with Gasteiger partial charge in [-0.3, -0.25) is 4.90 Å². The van der Waals surface area contributed by atoms with Gasteiger partial charge in [-0.2, -0.15) is 0 Å². The number of carbonyl (C=O) groups excluding carboxylic acids is 2. The molecule has 1 saturated heterocycles. The highest BCUT2D eigenvalue weighted by molar-refractivity contribution is 7.81. The number of nitrogens with one attached hydrogen (secondary N) is 1. The molecule has 0 bridgehead atoms. The summed E-state index contributed by atoms with van der Waals surface area (Å²) in [6.45, 7) is 1.64. The molecule has 0 aromatic carbocycles. The quantitative estimate of drug-likeness (QED) is 0.538. The molecule has 5 nitrogen and oxygen atoms in total. The predicted octanol–water partition coefficient (Wildman–Crippen LogP) is 0.297. The first kappa shape index (κ1) is 9.18. The lowest BCUT2D eigenvalue weighted by Gasteiger charge is -2.42. The van der Waals surface area contributed by atoms with Gasteiger partial charge in [-0.25, -0.2) is 14.5 Å². The summed E-state index contributed by atoms with van der Waals surface area (Å²) in [7, 11) is 2.99. The monoisotopic (exact) mass is 189 g/mol. The van der Waals surface area contributed by atoms with Gasteiger partial charge in [0.05, 0.1) is 0 Å². The van der Waals surface area contributed by atoms with Gasteiger partial charge in [-0.1, -0.05) is 0 Å². The average Bonchev–Trinajstić information content (AvgIpc) is 1.97. The molecule has 6 heteroatoms. The molecule has 1 N–H and O–H groups in total. The van der Waals surface area contributed by atoms with E-state index in [-0.39, 0.29) is 6.03 Å². The van der Waals surface area contributed by atoms with E-state index in [4.69, 9.17) is 0 Å². The van der Waals surface area contributed by atoms with Gasteiger partial charge in [0.25, 0.3) is 0 Å². The third kappa shape index (κ3) is 1.22. The summed E-state index contributed by atoms with van der Waals surface area (Å²) in [5, 5.41) is 2.54. The lowest BCUT2D eigenvalue weighted by atomic mass is 10.4. The Morgan fingerprint density at radius 2 is 1.92 bits per heavy atom. The summed E-state index contributed by atoms with van der Waals surface area (Å²) in [5.74, 6) is 0. The van der Waals surface area contributed by atoms with Crippen LogP contribution in [0.2, 0.25) is 0 Å². The predicted molar refractivity (Wildman–Crippen MR) is 46.8 cm³/mol. The number of rotatable bonds is 0. The molecule has 1 unspecified atom stereocenters. The normalized spacial score (nSPS) is 30.7. The highest BCUT2D eigenvalue weighted by Crippen LogP contribution is 2.20. The number of nitrogens with zero attached hydrogens (tertiary/aromatic N) is 2. The topological polar surface area (TPSA) is 52.7 Å². The molecule has 0 saturated carbocycles. The van der Waals surface area contributed by atoms with Gasteiger partial charge in [-0.05, 0) is 6.92 Å². The molecule has 0 aromatic heterocycles. The van der Waals surface area contributed by atoms with Gasteiger partial charge >= 0.3 is 12.1 Å². The Morgan fingerprint density at radius 1 is 1.42 bits per heavy atom. The summed E-state index contributed by atoms with van der Waals surface area (Å²) in [6, 6.07) is -0.799. The second kappa shape index (κ2) is 2.55. The van der Waals surface area contributed by atoms with E-state index in [0.29, 0.717) is 0 Å². The number of carbonyl (C=O) groups is 2. The van der Waals surface area contributed by atoms with E-state index >= 15 is 0 Å². The maximum absolute atomic E-state index is 11.3. The van der Waals surface area contributed by atoms with Crippen LogP contribution in [0.4, 0.5) is 9.59 Å². The first-order valence-electron chi connectivity index (χ1n) is 3.42. The Kier molecular flexibility index (Phi) is 1.95. The lowest BCUT2D eigenvalue weighted by molar-refractivity contribution is 0.118. The molecule has 1 rings (SSSR count). The highest BCUT2D eigenvalue weighted by atomic mass is 32.1. The minimum atomic E-state index is -0.902. The minimum Gasteiger partial charge on any atom is -0.306 e. The Bertz CT molecular complexity index is 241. The number of hydrogen-bond acceptors (Lipinski definition) is 3. The highest BCUT2D eigenvalue weighted by Gasteiger charge is 2.39. The fraction of sp³-hybridized carbons (Fsp3) is 0.667. The molecule has 1 aliphatic heterocycles. The Morgan fingerprint density at radius 3 is 2.42 bits per heavy atom. The van der Waals surface area contributed by atoms with Crippen LogP contribution in [0, 0.1) is 0 Å². The molecule has 12 heavy (non-hydrogen) atoms. The average molecular weight is 189 g/mol. The van der Waals surface area contributed by atoms with Crippen LogP contribution in [0.15, 0.2) is 0 Å². The molecule has 0 aliphatic carbocycles. The molecule has 0 spiro atoms. The summed E-state index contributed by atoms with van der Waals surface area (Å²) in [4.78, 5) is 23.8. The molecule has 1 fully saturated rings. The van der Waals surface area contributed by atoms with E-state index < -0.39 is 11.0 Å². The zero-order valence-electron chi connectivity index (χ0n) is 7.16. The Hall–Kier alpha value is -0.910. The fourth-order valence-corrected chi connectivity index (χ4v) is 1.05. The van der Waals surface area contributed by atoms with Crippen molar-refractivity contribution in [2.75, 3.05) is 14.1 Å². The van der Waals surface area contributed by atoms with Crippen LogP contribution in [0.1, 0.15) is 6.92 Å². The maximum Gasteiger partial charge on any atom is 0.330 e. The Labute approximate surface area is 76.1 Å². The third-order valence-corrected chi connectivity index (χ3v) is 2.29. The van der Waals surface area contributed by atoms with Crippen molar-refractivity contribution >= 4 is 24.7 Å². The first-order chi connectivity index (χ1) is 5.36. The van der Waals surface area contributed by atoms with Crippen LogP contribution in [-0.2, 0) is 0 Å². The van der Waals surface area contributed by atoms with E-state index in [1.54, 1.807) is 14.0 Å². The zero-order chi connectivity index (χ0) is 9.52. The molecule has 0 radical (unpaired) electrons. The summed E-state index contributed by atoms with van der Waals surface area (Å²) in [5.41, 5.74) is 0. The molecular weight excluding hydrogens is 178 g/mol. The molecule has 1 heterocycles. The van der Waals surface area contributed by atoms with Gasteiger partial charge < -0.3 is 5.32 Å². The molecular formula is C6H11N3O2S. The number of urea groups is 2. The summed E-state index contributed by atoms with van der Waals surface area (Å²) < 4.78 is 0. The van der Waals surface area contributed by atoms with Crippen LogP contribution in [-0.4, -0.2) is 41.0 Å². The number of hydrogen-bond donors (Lipinski definition) is 2. The molecule has 1 aliphatic rings. The van der Waals surface area contributed by atoms with E-state index in [2.05, 4.69) is 17.9 Å². The van der Waals surface area contributed by atoms with E-state index in [1.165, 1.54) is 11.9 Å². The van der Waals surface area contributed by atoms with Crippen molar-refractivity contribution in [2.24, 2.45) is 0 Å². The first-order valence-corrected chi connectivity index (χ1v) is 3.87. The van der Waals surface area contributed by atoms with E-state index in [9.17, 15) is 9.59 Å². The lowest BCUT2D eigenvalue weighted by Crippen LogP contribution is -2.66. The van der Waals surface area contributed by atoms with E-state index in [0.717, 1.165) is 4.90 Å². The fourth-order valence-electron chi connectivity index (χ4n) is 0.868. The second-order valence-corrected chi connectivity index (χ2v) is 3.72. The number of amides is 4. The van der Waals surface area contributed by atoms with Crippen molar-refractivity contribution in [3.63, 3.8) is 0 Å². The van der Waals surface area contributed by atoms with Crippen LogP contribution < -0.4 is 5.32 Å². The summed E-state index contributed by atoms with van der Waals surface area (Å²) >= 11 is 4.12. The standard InChI is InChI=1S/C6H11N3O2S/c1-6(12)7-4(10)8(2)5(11)9(6)3/h12H,1-3H3,(H,7,10). The number of imide groups is 1.